The molecule has 3 rings (SSSR count). The minimum absolute atomic E-state index is 0.292. The zero-order chi connectivity index (χ0) is 16.2. The van der Waals surface area contributed by atoms with Crippen molar-refractivity contribution < 1.29 is 13.9 Å². The highest BCUT2D eigenvalue weighted by molar-refractivity contribution is 5.81. The third kappa shape index (κ3) is 3.74. The van der Waals surface area contributed by atoms with E-state index in [2.05, 4.69) is 4.90 Å². The van der Waals surface area contributed by atoms with Crippen LogP contribution in [-0.4, -0.2) is 37.8 Å². The number of likely N-dealkylation sites (tertiary alicyclic amines) is 1. The topological polar surface area (TPSA) is 51.9 Å². The van der Waals surface area contributed by atoms with E-state index < -0.39 is 0 Å². The fraction of sp³-hybridized carbons (Fsp3) is 0.500. The number of nitrogens with zero attached hydrogens (tertiary/aromatic N) is 1. The van der Waals surface area contributed by atoms with E-state index in [1.165, 1.54) is 0 Å². The number of ether oxygens (including phenoxy) is 2. The highest BCUT2D eigenvalue weighted by Crippen LogP contribution is 2.24. The van der Waals surface area contributed by atoms with Gasteiger partial charge >= 0.3 is 5.63 Å². The second-order valence-corrected chi connectivity index (χ2v) is 5.91. The number of hydrogen-bond donors (Lipinski definition) is 0. The van der Waals surface area contributed by atoms with Crippen LogP contribution < -0.4 is 10.4 Å². The number of hydrogen-bond acceptors (Lipinski definition) is 5. The van der Waals surface area contributed by atoms with E-state index in [1.807, 2.05) is 19.1 Å². The molecule has 23 heavy (non-hydrogen) atoms. The first kappa shape index (κ1) is 16.0. The van der Waals surface area contributed by atoms with Crippen LogP contribution in [0.4, 0.5) is 0 Å². The Morgan fingerprint density at radius 2 is 2.22 bits per heavy atom. The first-order valence-electron chi connectivity index (χ1n) is 8.14. The fourth-order valence-corrected chi connectivity index (χ4v) is 3.24. The van der Waals surface area contributed by atoms with Gasteiger partial charge in [-0.05, 0) is 44.0 Å². The summed E-state index contributed by atoms with van der Waals surface area (Å²) in [4.78, 5) is 14.2. The number of methoxy groups -OCH3 is 1. The van der Waals surface area contributed by atoms with Gasteiger partial charge in [-0.3, -0.25) is 4.90 Å². The lowest BCUT2D eigenvalue weighted by Gasteiger charge is -2.32. The molecule has 1 fully saturated rings. The van der Waals surface area contributed by atoms with E-state index in [9.17, 15) is 4.79 Å². The minimum Gasteiger partial charge on any atom is -0.497 e. The summed E-state index contributed by atoms with van der Waals surface area (Å²) in [6, 6.07) is 7.21. The Labute approximate surface area is 135 Å². The van der Waals surface area contributed by atoms with Crippen molar-refractivity contribution in [2.75, 3.05) is 26.8 Å². The Bertz CT molecular complexity index is 723. The summed E-state index contributed by atoms with van der Waals surface area (Å²) < 4.78 is 16.3. The lowest BCUT2D eigenvalue weighted by molar-refractivity contribution is 0.00371. The molecule has 0 aliphatic carbocycles. The standard InChI is InChI=1S/C18H23NO4/c1-3-22-15-5-4-8-19(12-15)11-13-9-18(20)23-17-10-14(21-2)6-7-16(13)17/h6-7,9-10,15H,3-5,8,11-12H2,1-2H3. The van der Waals surface area contributed by atoms with Gasteiger partial charge in [-0.15, -0.1) is 0 Å². The Balaban J connectivity index is 1.86. The summed E-state index contributed by atoms with van der Waals surface area (Å²) in [5.41, 5.74) is 1.25. The molecule has 5 nitrogen and oxygen atoms in total. The lowest BCUT2D eigenvalue weighted by Crippen LogP contribution is -2.39. The van der Waals surface area contributed by atoms with Crippen LogP contribution in [0.25, 0.3) is 11.0 Å². The van der Waals surface area contributed by atoms with Gasteiger partial charge in [0.25, 0.3) is 0 Å². The van der Waals surface area contributed by atoms with Crippen LogP contribution in [-0.2, 0) is 11.3 Å². The van der Waals surface area contributed by atoms with Crippen molar-refractivity contribution in [1.82, 2.24) is 4.90 Å². The molecule has 1 saturated heterocycles. The van der Waals surface area contributed by atoms with Crippen LogP contribution >= 0.6 is 0 Å². The molecule has 0 bridgehead atoms. The van der Waals surface area contributed by atoms with Gasteiger partial charge in [0, 0.05) is 37.2 Å². The molecule has 1 aliphatic rings. The normalized spacial score (nSPS) is 19.1. The molecule has 0 N–H and O–H groups in total. The van der Waals surface area contributed by atoms with Crippen molar-refractivity contribution in [3.8, 4) is 5.75 Å². The molecule has 1 unspecified atom stereocenters. The maximum atomic E-state index is 11.9. The molecule has 0 spiro atoms. The predicted octanol–water partition coefficient (Wildman–Crippen LogP) is 2.80. The van der Waals surface area contributed by atoms with E-state index in [0.29, 0.717) is 17.4 Å². The third-order valence-corrected chi connectivity index (χ3v) is 4.30. The van der Waals surface area contributed by atoms with E-state index in [1.54, 1.807) is 19.2 Å². The Morgan fingerprint density at radius 1 is 1.35 bits per heavy atom. The highest BCUT2D eigenvalue weighted by Gasteiger charge is 2.21. The molecule has 1 aliphatic heterocycles. The second-order valence-electron chi connectivity index (χ2n) is 5.91. The predicted molar refractivity (Wildman–Crippen MR) is 89.0 cm³/mol. The average molecular weight is 317 g/mol. The molecule has 1 atom stereocenters. The zero-order valence-electron chi connectivity index (χ0n) is 13.7. The van der Waals surface area contributed by atoms with E-state index >= 15 is 0 Å². The van der Waals surface area contributed by atoms with Crippen molar-refractivity contribution in [1.29, 1.82) is 0 Å². The quantitative estimate of drug-likeness (QED) is 0.794. The van der Waals surface area contributed by atoms with Crippen LogP contribution in [0.15, 0.2) is 33.5 Å². The van der Waals surface area contributed by atoms with Crippen LogP contribution in [0.2, 0.25) is 0 Å². The summed E-state index contributed by atoms with van der Waals surface area (Å²) in [5, 5.41) is 0.962. The lowest BCUT2D eigenvalue weighted by atomic mass is 10.1. The van der Waals surface area contributed by atoms with Crippen molar-refractivity contribution in [3.05, 3.63) is 40.2 Å². The van der Waals surface area contributed by atoms with Crippen LogP contribution in [0, 0.1) is 0 Å². The smallest absolute Gasteiger partial charge is 0.336 e. The van der Waals surface area contributed by atoms with Gasteiger partial charge in [0.15, 0.2) is 0 Å². The van der Waals surface area contributed by atoms with Gasteiger partial charge in [-0.2, -0.15) is 0 Å². The third-order valence-electron chi connectivity index (χ3n) is 4.30. The largest absolute Gasteiger partial charge is 0.497 e. The van der Waals surface area contributed by atoms with Crippen molar-refractivity contribution >= 4 is 11.0 Å². The van der Waals surface area contributed by atoms with Gasteiger partial charge in [-0.25, -0.2) is 4.79 Å². The average Bonchev–Trinajstić information content (AvgIpc) is 2.54. The maximum absolute atomic E-state index is 11.9. The molecular formula is C18H23NO4. The number of piperidine rings is 1. The van der Waals surface area contributed by atoms with Crippen molar-refractivity contribution in [3.63, 3.8) is 0 Å². The molecular weight excluding hydrogens is 294 g/mol. The minimum atomic E-state index is -0.320. The Morgan fingerprint density at radius 3 is 3.00 bits per heavy atom. The van der Waals surface area contributed by atoms with E-state index in [0.717, 1.165) is 50.0 Å². The maximum Gasteiger partial charge on any atom is 0.336 e. The van der Waals surface area contributed by atoms with Gasteiger partial charge in [-0.1, -0.05) is 0 Å². The van der Waals surface area contributed by atoms with E-state index in [4.69, 9.17) is 13.9 Å². The molecule has 2 heterocycles. The second kappa shape index (κ2) is 7.15. The van der Waals surface area contributed by atoms with Crippen molar-refractivity contribution in [2.24, 2.45) is 0 Å². The van der Waals surface area contributed by atoms with Gasteiger partial charge < -0.3 is 13.9 Å². The van der Waals surface area contributed by atoms with Gasteiger partial charge in [0.05, 0.1) is 13.2 Å². The van der Waals surface area contributed by atoms with Crippen LogP contribution in [0.5, 0.6) is 5.75 Å². The number of fused-ring (bicyclic) bond motifs is 1. The highest BCUT2D eigenvalue weighted by atomic mass is 16.5. The summed E-state index contributed by atoms with van der Waals surface area (Å²) in [6.45, 7) is 5.45. The van der Waals surface area contributed by atoms with Crippen LogP contribution in [0.1, 0.15) is 25.3 Å². The van der Waals surface area contributed by atoms with Gasteiger partial charge in [0.2, 0.25) is 0 Å². The SMILES string of the molecule is CCOC1CCCN(Cc2cc(=O)oc3cc(OC)ccc23)C1. The Hall–Kier alpha value is -1.85. The van der Waals surface area contributed by atoms with Gasteiger partial charge in [0.1, 0.15) is 11.3 Å². The molecule has 0 saturated carbocycles. The first-order chi connectivity index (χ1) is 11.2. The monoisotopic (exact) mass is 317 g/mol. The molecule has 0 amide bonds. The summed E-state index contributed by atoms with van der Waals surface area (Å²) in [5.74, 6) is 0.687. The zero-order valence-corrected chi connectivity index (χ0v) is 13.7. The Kier molecular flexibility index (Phi) is 4.98. The molecule has 1 aromatic heterocycles. The van der Waals surface area contributed by atoms with Crippen LogP contribution in [0.3, 0.4) is 0 Å². The van der Waals surface area contributed by atoms with E-state index in [-0.39, 0.29) is 5.63 Å². The fourth-order valence-electron chi connectivity index (χ4n) is 3.24. The first-order valence-corrected chi connectivity index (χ1v) is 8.14. The summed E-state index contributed by atoms with van der Waals surface area (Å²) >= 11 is 0. The molecule has 2 aromatic rings. The molecule has 1 aromatic carbocycles. The number of benzene rings is 1. The molecule has 0 radical (unpaired) electrons. The van der Waals surface area contributed by atoms with Crippen molar-refractivity contribution in [2.45, 2.75) is 32.4 Å². The summed E-state index contributed by atoms with van der Waals surface area (Å²) in [7, 11) is 1.60. The molecule has 124 valence electrons. The summed E-state index contributed by atoms with van der Waals surface area (Å²) in [6.07, 6.45) is 2.53. The number of rotatable bonds is 5. The molecule has 5 heteroatoms.